The van der Waals surface area contributed by atoms with Crippen LogP contribution in [0.15, 0.2) is 23.5 Å². The second-order valence-electron chi connectivity index (χ2n) is 3.59. The molecule has 0 N–H and O–H groups in total. The molecule has 0 saturated heterocycles. The lowest BCUT2D eigenvalue weighted by Gasteiger charge is -2.14. The highest BCUT2D eigenvalue weighted by atomic mass is 16.6. The van der Waals surface area contributed by atoms with Crippen molar-refractivity contribution in [3.63, 3.8) is 0 Å². The van der Waals surface area contributed by atoms with E-state index in [9.17, 15) is 0 Å². The Hall–Kier alpha value is -1.45. The highest BCUT2D eigenvalue weighted by molar-refractivity contribution is 5.75. The van der Waals surface area contributed by atoms with Crippen LogP contribution >= 0.6 is 0 Å². The molecule has 0 amide bonds. The fourth-order valence-electron chi connectivity index (χ4n) is 0.621. The van der Waals surface area contributed by atoms with Gasteiger partial charge in [-0.25, -0.2) is 0 Å². The number of nitrogens with zero attached hydrogens (tertiary/aromatic N) is 3. The topological polar surface area (TPSA) is 47.4 Å². The van der Waals surface area contributed by atoms with E-state index < -0.39 is 0 Å². The number of rotatable bonds is 2. The van der Waals surface area contributed by atoms with Crippen molar-refractivity contribution < 1.29 is 4.84 Å². The highest BCUT2D eigenvalue weighted by Gasteiger charge is 2.09. The van der Waals surface area contributed by atoms with Crippen LogP contribution in [-0.2, 0) is 4.84 Å². The van der Waals surface area contributed by atoms with Gasteiger partial charge in [0.2, 0.25) is 0 Å². The van der Waals surface area contributed by atoms with Crippen molar-refractivity contribution in [1.29, 1.82) is 0 Å². The minimum Gasteiger partial charge on any atom is -0.390 e. The minimum atomic E-state index is -0.265. The average molecular weight is 179 g/mol. The van der Waals surface area contributed by atoms with Gasteiger partial charge in [0.1, 0.15) is 11.3 Å². The molecule has 70 valence electrons. The zero-order valence-electron chi connectivity index (χ0n) is 8.06. The molecule has 0 unspecified atom stereocenters. The van der Waals surface area contributed by atoms with Gasteiger partial charge in [-0.1, -0.05) is 5.16 Å². The normalized spacial score (nSPS) is 11.9. The summed E-state index contributed by atoms with van der Waals surface area (Å²) in [7, 11) is 0. The van der Waals surface area contributed by atoms with Crippen molar-refractivity contribution in [1.82, 2.24) is 10.2 Å². The van der Waals surface area contributed by atoms with E-state index in [1.165, 1.54) is 6.21 Å². The smallest absolute Gasteiger partial charge is 0.129 e. The van der Waals surface area contributed by atoms with E-state index >= 15 is 0 Å². The first-order valence-electron chi connectivity index (χ1n) is 4.07. The highest BCUT2D eigenvalue weighted by Crippen LogP contribution is 2.06. The number of oxime groups is 1. The van der Waals surface area contributed by atoms with Crippen LogP contribution in [0.4, 0.5) is 0 Å². The number of aromatic nitrogens is 2. The Morgan fingerprint density at radius 2 is 2.23 bits per heavy atom. The Morgan fingerprint density at radius 1 is 1.46 bits per heavy atom. The molecule has 0 aliphatic rings. The lowest BCUT2D eigenvalue weighted by atomic mass is 10.2. The molecule has 1 heterocycles. The Kier molecular flexibility index (Phi) is 2.95. The fraction of sp³-hybridized carbons (Fsp3) is 0.444. The van der Waals surface area contributed by atoms with E-state index in [0.717, 1.165) is 0 Å². The second kappa shape index (κ2) is 3.98. The van der Waals surface area contributed by atoms with E-state index in [1.54, 1.807) is 12.3 Å². The third kappa shape index (κ3) is 4.20. The van der Waals surface area contributed by atoms with Gasteiger partial charge in [0, 0.05) is 6.20 Å². The molecule has 4 nitrogen and oxygen atoms in total. The van der Waals surface area contributed by atoms with Gasteiger partial charge in [0.15, 0.2) is 0 Å². The lowest BCUT2D eigenvalue weighted by Crippen LogP contribution is -2.15. The van der Waals surface area contributed by atoms with Crippen LogP contribution in [0.5, 0.6) is 0 Å². The van der Waals surface area contributed by atoms with Crippen LogP contribution in [0.2, 0.25) is 0 Å². The molecule has 13 heavy (non-hydrogen) atoms. The standard InChI is InChI=1S/C9H13N3O/c1-9(2,3)13-11-7-8-5-4-6-10-12-8/h4-7H,1-3H3/b11-7+. The predicted octanol–water partition coefficient (Wildman–Crippen LogP) is 1.63. The summed E-state index contributed by atoms with van der Waals surface area (Å²) in [5, 5.41) is 11.3. The van der Waals surface area contributed by atoms with E-state index in [1.807, 2.05) is 26.8 Å². The fourth-order valence-corrected chi connectivity index (χ4v) is 0.621. The molecule has 0 spiro atoms. The first-order valence-corrected chi connectivity index (χ1v) is 4.07. The molecule has 0 bridgehead atoms. The van der Waals surface area contributed by atoms with Crippen molar-refractivity contribution in [3.8, 4) is 0 Å². The van der Waals surface area contributed by atoms with Crippen molar-refractivity contribution in [3.05, 3.63) is 24.0 Å². The van der Waals surface area contributed by atoms with Crippen LogP contribution in [0, 0.1) is 0 Å². The van der Waals surface area contributed by atoms with Crippen molar-refractivity contribution in [2.75, 3.05) is 0 Å². The van der Waals surface area contributed by atoms with Crippen LogP contribution < -0.4 is 0 Å². The molecular formula is C9H13N3O. The number of hydrogen-bond donors (Lipinski definition) is 0. The molecule has 0 aliphatic heterocycles. The molecule has 1 aromatic heterocycles. The van der Waals surface area contributed by atoms with E-state index in [-0.39, 0.29) is 5.60 Å². The molecule has 1 aromatic rings. The summed E-state index contributed by atoms with van der Waals surface area (Å²) in [6.45, 7) is 5.79. The summed E-state index contributed by atoms with van der Waals surface area (Å²) < 4.78 is 0. The zero-order chi connectivity index (χ0) is 9.73. The maximum Gasteiger partial charge on any atom is 0.129 e. The minimum absolute atomic E-state index is 0.265. The Bertz CT molecular complexity index is 277. The van der Waals surface area contributed by atoms with Gasteiger partial charge in [-0.05, 0) is 32.9 Å². The summed E-state index contributed by atoms with van der Waals surface area (Å²) in [6.07, 6.45) is 3.15. The quantitative estimate of drug-likeness (QED) is 0.512. The average Bonchev–Trinajstić information content (AvgIpc) is 2.04. The SMILES string of the molecule is CC(C)(C)O/N=C/c1cccnn1. The predicted molar refractivity (Wildman–Crippen MR) is 50.5 cm³/mol. The monoisotopic (exact) mass is 179 g/mol. The third-order valence-corrected chi connectivity index (χ3v) is 1.10. The molecule has 0 aromatic carbocycles. The van der Waals surface area contributed by atoms with Gasteiger partial charge in [0.25, 0.3) is 0 Å². The van der Waals surface area contributed by atoms with Gasteiger partial charge in [-0.15, -0.1) is 5.10 Å². The maximum atomic E-state index is 5.13. The van der Waals surface area contributed by atoms with Crippen molar-refractivity contribution in [2.24, 2.45) is 5.16 Å². The second-order valence-corrected chi connectivity index (χ2v) is 3.59. The third-order valence-electron chi connectivity index (χ3n) is 1.10. The molecule has 0 aliphatic carbocycles. The largest absolute Gasteiger partial charge is 0.390 e. The van der Waals surface area contributed by atoms with Gasteiger partial charge in [0.05, 0.1) is 6.21 Å². The van der Waals surface area contributed by atoms with Crippen LogP contribution in [0.25, 0.3) is 0 Å². The first-order chi connectivity index (χ1) is 6.08. The van der Waals surface area contributed by atoms with Crippen LogP contribution in [0.3, 0.4) is 0 Å². The summed E-state index contributed by atoms with van der Waals surface area (Å²) >= 11 is 0. The van der Waals surface area contributed by atoms with Crippen molar-refractivity contribution >= 4 is 6.21 Å². The molecule has 0 atom stereocenters. The van der Waals surface area contributed by atoms with Crippen LogP contribution in [-0.4, -0.2) is 22.0 Å². The summed E-state index contributed by atoms with van der Waals surface area (Å²) in [5.41, 5.74) is 0.422. The molecule has 0 radical (unpaired) electrons. The Morgan fingerprint density at radius 3 is 2.77 bits per heavy atom. The summed E-state index contributed by atoms with van der Waals surface area (Å²) in [4.78, 5) is 5.13. The van der Waals surface area contributed by atoms with E-state index in [2.05, 4.69) is 15.4 Å². The molecule has 4 heteroatoms. The Balaban J connectivity index is 2.51. The maximum absolute atomic E-state index is 5.13. The van der Waals surface area contributed by atoms with E-state index in [0.29, 0.717) is 5.69 Å². The summed E-state index contributed by atoms with van der Waals surface area (Å²) in [5.74, 6) is 0. The molecule has 1 rings (SSSR count). The van der Waals surface area contributed by atoms with Gasteiger partial charge in [-0.3, -0.25) is 0 Å². The van der Waals surface area contributed by atoms with Crippen LogP contribution in [0.1, 0.15) is 26.5 Å². The summed E-state index contributed by atoms with van der Waals surface area (Å²) in [6, 6.07) is 3.61. The van der Waals surface area contributed by atoms with Gasteiger partial charge in [-0.2, -0.15) is 5.10 Å². The van der Waals surface area contributed by atoms with E-state index in [4.69, 9.17) is 4.84 Å². The van der Waals surface area contributed by atoms with Gasteiger partial charge >= 0.3 is 0 Å². The zero-order valence-corrected chi connectivity index (χ0v) is 8.06. The molecular weight excluding hydrogens is 166 g/mol. The Labute approximate surface area is 77.6 Å². The molecule has 0 saturated carbocycles. The van der Waals surface area contributed by atoms with Gasteiger partial charge < -0.3 is 4.84 Å². The lowest BCUT2D eigenvalue weighted by molar-refractivity contribution is 0.00196. The number of hydrogen-bond acceptors (Lipinski definition) is 4. The van der Waals surface area contributed by atoms with Crippen molar-refractivity contribution in [2.45, 2.75) is 26.4 Å². The first kappa shape index (κ1) is 9.64. The molecule has 0 fully saturated rings.